The van der Waals surface area contributed by atoms with Crippen LogP contribution in [0.5, 0.6) is 0 Å². The molecular formula is C15H28N6. The van der Waals surface area contributed by atoms with Crippen molar-refractivity contribution < 1.29 is 0 Å². The van der Waals surface area contributed by atoms with Gasteiger partial charge in [0.05, 0.1) is 0 Å². The number of aromatic nitrogens is 3. The molecule has 1 aromatic rings. The molecule has 2 heterocycles. The molecule has 0 saturated carbocycles. The molecule has 0 unspecified atom stereocenters. The molecule has 0 spiro atoms. The zero-order valence-electron chi connectivity index (χ0n) is 13.7. The number of hydrogen-bond acceptors (Lipinski definition) is 3. The van der Waals surface area contributed by atoms with Gasteiger partial charge in [0.15, 0.2) is 11.8 Å². The fourth-order valence-corrected chi connectivity index (χ4v) is 2.47. The van der Waals surface area contributed by atoms with Gasteiger partial charge in [0.1, 0.15) is 12.4 Å². The number of nitrogens with zero attached hydrogens (tertiary/aromatic N) is 4. The molecule has 1 aliphatic heterocycles. The predicted octanol–water partition coefficient (Wildman–Crippen LogP) is 1.86. The van der Waals surface area contributed by atoms with Crippen molar-refractivity contribution >= 4 is 5.96 Å². The minimum atomic E-state index is -0.0112. The monoisotopic (exact) mass is 292 g/mol. The maximum atomic E-state index is 4.65. The molecule has 0 radical (unpaired) electrons. The quantitative estimate of drug-likeness (QED) is 0.659. The van der Waals surface area contributed by atoms with Crippen LogP contribution in [0.3, 0.4) is 0 Å². The molecule has 0 saturated heterocycles. The lowest BCUT2D eigenvalue weighted by atomic mass is 10.1. The van der Waals surface area contributed by atoms with Crippen LogP contribution in [-0.2, 0) is 19.5 Å². The highest BCUT2D eigenvalue weighted by Gasteiger charge is 2.15. The number of aryl methyl sites for hydroxylation is 1. The van der Waals surface area contributed by atoms with E-state index < -0.39 is 0 Å². The summed E-state index contributed by atoms with van der Waals surface area (Å²) in [5.41, 5.74) is -0.0112. The standard InChI is InChI=1S/C15H28N6/c1-5-16-14(18-15(2,3)4)17-11-13-20-19-12-9-7-6-8-10-21(12)13/h5-11H2,1-4H3,(H2,16,17,18). The zero-order valence-corrected chi connectivity index (χ0v) is 13.7. The third kappa shape index (κ3) is 4.72. The lowest BCUT2D eigenvalue weighted by molar-refractivity contribution is 0.501. The highest BCUT2D eigenvalue weighted by atomic mass is 15.3. The fraction of sp³-hybridized carbons (Fsp3) is 0.800. The van der Waals surface area contributed by atoms with Crippen LogP contribution in [0.1, 0.15) is 58.6 Å². The van der Waals surface area contributed by atoms with E-state index in [2.05, 4.69) is 58.1 Å². The van der Waals surface area contributed by atoms with Gasteiger partial charge in [0, 0.05) is 25.0 Å². The van der Waals surface area contributed by atoms with E-state index in [1.54, 1.807) is 0 Å². The number of aliphatic imine (C=N–C) groups is 1. The van der Waals surface area contributed by atoms with Crippen molar-refractivity contribution in [1.29, 1.82) is 0 Å². The predicted molar refractivity (Wildman–Crippen MR) is 85.3 cm³/mol. The van der Waals surface area contributed by atoms with Crippen molar-refractivity contribution in [2.75, 3.05) is 6.54 Å². The fourth-order valence-electron chi connectivity index (χ4n) is 2.47. The maximum absolute atomic E-state index is 4.65. The summed E-state index contributed by atoms with van der Waals surface area (Å²) >= 11 is 0. The van der Waals surface area contributed by atoms with Gasteiger partial charge >= 0.3 is 0 Å². The summed E-state index contributed by atoms with van der Waals surface area (Å²) in [7, 11) is 0. The normalized spacial score (nSPS) is 16.3. The molecule has 0 aromatic carbocycles. The molecular weight excluding hydrogens is 264 g/mol. The Balaban J connectivity index is 2.09. The summed E-state index contributed by atoms with van der Waals surface area (Å²) in [6.07, 6.45) is 4.75. The van der Waals surface area contributed by atoms with Gasteiger partial charge < -0.3 is 15.2 Å². The Kier molecular flexibility index (Phi) is 5.20. The zero-order chi connectivity index (χ0) is 15.3. The first-order valence-corrected chi connectivity index (χ1v) is 7.97. The molecule has 0 bridgehead atoms. The summed E-state index contributed by atoms with van der Waals surface area (Å²) in [5.74, 6) is 2.92. The van der Waals surface area contributed by atoms with Crippen LogP contribution in [0.2, 0.25) is 0 Å². The number of rotatable bonds is 3. The number of guanidine groups is 1. The van der Waals surface area contributed by atoms with E-state index in [9.17, 15) is 0 Å². The van der Waals surface area contributed by atoms with Crippen LogP contribution < -0.4 is 10.6 Å². The largest absolute Gasteiger partial charge is 0.357 e. The third-order valence-corrected chi connectivity index (χ3v) is 3.40. The Morgan fingerprint density at radius 2 is 2.05 bits per heavy atom. The first-order valence-electron chi connectivity index (χ1n) is 7.97. The van der Waals surface area contributed by atoms with Crippen LogP contribution in [0.15, 0.2) is 4.99 Å². The van der Waals surface area contributed by atoms with Gasteiger partial charge in [-0.1, -0.05) is 6.42 Å². The van der Waals surface area contributed by atoms with Gasteiger partial charge in [0.2, 0.25) is 0 Å². The molecule has 2 N–H and O–H groups in total. The van der Waals surface area contributed by atoms with E-state index in [1.807, 2.05) is 0 Å². The van der Waals surface area contributed by atoms with Crippen LogP contribution >= 0.6 is 0 Å². The maximum Gasteiger partial charge on any atom is 0.192 e. The Hall–Kier alpha value is -1.59. The molecule has 6 heteroatoms. The van der Waals surface area contributed by atoms with Gasteiger partial charge in [-0.15, -0.1) is 10.2 Å². The molecule has 1 aromatic heterocycles. The Morgan fingerprint density at radius 1 is 1.24 bits per heavy atom. The molecule has 118 valence electrons. The van der Waals surface area contributed by atoms with E-state index in [0.29, 0.717) is 6.54 Å². The first-order chi connectivity index (χ1) is 9.99. The molecule has 0 atom stereocenters. The van der Waals surface area contributed by atoms with Gasteiger partial charge in [0.25, 0.3) is 0 Å². The van der Waals surface area contributed by atoms with Gasteiger partial charge in [-0.25, -0.2) is 4.99 Å². The second kappa shape index (κ2) is 6.91. The summed E-state index contributed by atoms with van der Waals surface area (Å²) in [6, 6.07) is 0. The topological polar surface area (TPSA) is 67.1 Å². The highest BCUT2D eigenvalue weighted by molar-refractivity contribution is 5.80. The molecule has 6 nitrogen and oxygen atoms in total. The van der Waals surface area contributed by atoms with Gasteiger partial charge in [-0.05, 0) is 40.5 Å². The lowest BCUT2D eigenvalue weighted by Crippen LogP contribution is -2.47. The molecule has 1 aliphatic rings. The van der Waals surface area contributed by atoms with Crippen molar-refractivity contribution in [3.05, 3.63) is 11.6 Å². The summed E-state index contributed by atoms with van der Waals surface area (Å²) in [6.45, 7) is 10.9. The van der Waals surface area contributed by atoms with Crippen LogP contribution in [-0.4, -0.2) is 32.8 Å². The van der Waals surface area contributed by atoms with E-state index in [1.165, 1.54) is 19.3 Å². The second-order valence-corrected chi connectivity index (χ2v) is 6.56. The molecule has 0 fully saturated rings. The van der Waals surface area contributed by atoms with Crippen molar-refractivity contribution in [3.8, 4) is 0 Å². The first kappa shape index (κ1) is 15.8. The Labute approximate surface area is 127 Å². The average molecular weight is 292 g/mol. The van der Waals surface area contributed by atoms with Crippen LogP contribution in [0.25, 0.3) is 0 Å². The smallest absolute Gasteiger partial charge is 0.192 e. The highest BCUT2D eigenvalue weighted by Crippen LogP contribution is 2.14. The van der Waals surface area contributed by atoms with E-state index in [-0.39, 0.29) is 5.54 Å². The third-order valence-electron chi connectivity index (χ3n) is 3.40. The SMILES string of the molecule is CCNC(=NCc1nnc2n1CCCCC2)NC(C)(C)C. The number of nitrogens with one attached hydrogen (secondary N) is 2. The minimum absolute atomic E-state index is 0.0112. The summed E-state index contributed by atoms with van der Waals surface area (Å²) in [5, 5.41) is 15.3. The molecule has 2 rings (SSSR count). The van der Waals surface area contributed by atoms with Gasteiger partial charge in [-0.3, -0.25) is 0 Å². The summed E-state index contributed by atoms with van der Waals surface area (Å²) in [4.78, 5) is 4.65. The van der Waals surface area contributed by atoms with Crippen LogP contribution in [0, 0.1) is 0 Å². The van der Waals surface area contributed by atoms with E-state index in [0.717, 1.165) is 37.1 Å². The average Bonchev–Trinajstić information content (AvgIpc) is 2.63. The van der Waals surface area contributed by atoms with Crippen LogP contribution in [0.4, 0.5) is 0 Å². The minimum Gasteiger partial charge on any atom is -0.357 e. The Bertz CT molecular complexity index is 483. The van der Waals surface area contributed by atoms with Crippen molar-refractivity contribution in [1.82, 2.24) is 25.4 Å². The van der Waals surface area contributed by atoms with Crippen molar-refractivity contribution in [2.45, 2.75) is 72.0 Å². The molecule has 0 amide bonds. The summed E-state index contributed by atoms with van der Waals surface area (Å²) < 4.78 is 2.25. The number of hydrogen-bond donors (Lipinski definition) is 2. The molecule has 21 heavy (non-hydrogen) atoms. The number of fused-ring (bicyclic) bond motifs is 1. The van der Waals surface area contributed by atoms with E-state index in [4.69, 9.17) is 0 Å². The second-order valence-electron chi connectivity index (χ2n) is 6.56. The van der Waals surface area contributed by atoms with Gasteiger partial charge in [-0.2, -0.15) is 0 Å². The lowest BCUT2D eigenvalue weighted by Gasteiger charge is -2.23. The molecule has 0 aliphatic carbocycles. The van der Waals surface area contributed by atoms with Crippen molar-refractivity contribution in [3.63, 3.8) is 0 Å². The Morgan fingerprint density at radius 3 is 2.76 bits per heavy atom. The van der Waals surface area contributed by atoms with E-state index >= 15 is 0 Å². The van der Waals surface area contributed by atoms with Crippen molar-refractivity contribution in [2.24, 2.45) is 4.99 Å².